The molecule has 1 amide bonds. The maximum Gasteiger partial charge on any atom is 0.411 e. The molecule has 2 heterocycles. The van der Waals surface area contributed by atoms with Gasteiger partial charge in [0.05, 0.1) is 31.1 Å². The number of cyclic esters (lactones) is 1. The summed E-state index contributed by atoms with van der Waals surface area (Å²) in [4.78, 5) is 24.4. The molecular weight excluding hydrogens is 342 g/mol. The first-order valence-corrected chi connectivity index (χ1v) is 11.3. The third-order valence-electron chi connectivity index (χ3n) is 5.27. The van der Waals surface area contributed by atoms with Crippen molar-refractivity contribution in [2.45, 2.75) is 44.7 Å². The van der Waals surface area contributed by atoms with Gasteiger partial charge in [-0.25, -0.2) is 4.79 Å². The number of fused-ring (bicyclic) bond motifs is 1. The zero-order valence-electron chi connectivity index (χ0n) is 15.4. The maximum atomic E-state index is 12.8. The average Bonchev–Trinajstić information content (AvgIpc) is 2.98. The second-order valence-electron chi connectivity index (χ2n) is 7.97. The highest BCUT2D eigenvalue weighted by Gasteiger charge is 2.49. The lowest BCUT2D eigenvalue weighted by atomic mass is 9.90. The fourth-order valence-corrected chi connectivity index (χ4v) is 3.65. The molecule has 0 aromatic heterocycles. The van der Waals surface area contributed by atoms with Crippen LogP contribution in [0.25, 0.3) is 0 Å². The van der Waals surface area contributed by atoms with Gasteiger partial charge < -0.3 is 18.6 Å². The largest absolute Gasteiger partial charge is 0.444 e. The van der Waals surface area contributed by atoms with E-state index in [1.54, 1.807) is 6.08 Å². The molecule has 1 N–H and O–H groups in total. The van der Waals surface area contributed by atoms with Gasteiger partial charge in [-0.3, -0.25) is 10.1 Å². The summed E-state index contributed by atoms with van der Waals surface area (Å²) in [5.41, 5.74) is 1.17. The summed E-state index contributed by atoms with van der Waals surface area (Å²) in [6, 6.07) is 0. The van der Waals surface area contributed by atoms with Crippen molar-refractivity contribution in [1.82, 2.24) is 5.32 Å². The molecule has 25 heavy (non-hydrogen) atoms. The lowest BCUT2D eigenvalue weighted by Crippen LogP contribution is -2.49. The van der Waals surface area contributed by atoms with Crippen molar-refractivity contribution in [3.8, 4) is 0 Å². The molecule has 1 spiro atoms. The number of carbonyl (C=O) groups excluding carboxylic acids is 2. The molecule has 0 saturated carbocycles. The molecule has 3 aliphatic rings. The number of carbonyl (C=O) groups is 2. The van der Waals surface area contributed by atoms with Crippen molar-refractivity contribution >= 4 is 20.2 Å². The van der Waals surface area contributed by atoms with Crippen molar-refractivity contribution in [2.75, 3.05) is 26.4 Å². The van der Waals surface area contributed by atoms with Crippen LogP contribution >= 0.6 is 0 Å². The van der Waals surface area contributed by atoms with Gasteiger partial charge in [-0.2, -0.15) is 0 Å². The number of Topliss-reactive ketones (excluding diaryl/α,β-unsaturated/α-hetero) is 1. The molecule has 0 atom stereocenters. The highest BCUT2D eigenvalue weighted by Crippen LogP contribution is 2.40. The predicted octanol–water partition coefficient (Wildman–Crippen LogP) is 2.25. The molecule has 2 aliphatic heterocycles. The SMILES string of the molecule is CC(C)(C)[Si](C)(C)OCC1=CC2(OCCO2)C2=C(COC(=O)N2)C1=O. The van der Waals surface area contributed by atoms with Crippen LogP contribution in [-0.2, 0) is 23.4 Å². The molecular formula is C17H25NO6Si. The third-order valence-corrected chi connectivity index (χ3v) is 9.74. The lowest BCUT2D eigenvalue weighted by molar-refractivity contribution is -0.118. The van der Waals surface area contributed by atoms with Gasteiger partial charge in [-0.15, -0.1) is 0 Å². The first-order valence-electron chi connectivity index (χ1n) is 8.41. The Bertz CT molecular complexity index is 667. The van der Waals surface area contributed by atoms with E-state index < -0.39 is 20.2 Å². The highest BCUT2D eigenvalue weighted by atomic mass is 28.4. The van der Waals surface area contributed by atoms with Crippen molar-refractivity contribution in [3.05, 3.63) is 22.9 Å². The van der Waals surface area contributed by atoms with E-state index in [1.165, 1.54) is 0 Å². The van der Waals surface area contributed by atoms with Gasteiger partial charge in [0.15, 0.2) is 14.1 Å². The summed E-state index contributed by atoms with van der Waals surface area (Å²) < 4.78 is 22.7. The molecule has 0 bridgehead atoms. The normalized spacial score (nSPS) is 23.3. The second kappa shape index (κ2) is 6.05. The minimum absolute atomic E-state index is 0.0374. The number of ketones is 1. The number of hydrogen-bond donors (Lipinski definition) is 1. The van der Waals surface area contributed by atoms with Gasteiger partial charge in [0.2, 0.25) is 5.79 Å². The molecule has 138 valence electrons. The summed E-state index contributed by atoms with van der Waals surface area (Å²) in [6.45, 7) is 11.6. The zero-order chi connectivity index (χ0) is 18.5. The molecule has 0 aromatic carbocycles. The Morgan fingerprint density at radius 3 is 2.48 bits per heavy atom. The average molecular weight is 367 g/mol. The van der Waals surface area contributed by atoms with Crippen LogP contribution in [0.5, 0.6) is 0 Å². The van der Waals surface area contributed by atoms with Crippen molar-refractivity contribution in [1.29, 1.82) is 0 Å². The Kier molecular flexibility index (Phi) is 4.43. The van der Waals surface area contributed by atoms with E-state index in [0.717, 1.165) is 0 Å². The van der Waals surface area contributed by atoms with Gasteiger partial charge in [-0.1, -0.05) is 20.8 Å². The van der Waals surface area contributed by atoms with E-state index in [4.69, 9.17) is 18.6 Å². The number of nitrogens with one attached hydrogen (secondary N) is 1. The molecule has 3 rings (SSSR count). The first-order chi connectivity index (χ1) is 11.6. The summed E-state index contributed by atoms with van der Waals surface area (Å²) >= 11 is 0. The van der Waals surface area contributed by atoms with Crippen LogP contribution in [0.3, 0.4) is 0 Å². The van der Waals surface area contributed by atoms with Crippen LogP contribution in [0.2, 0.25) is 18.1 Å². The molecule has 1 saturated heterocycles. The number of ether oxygens (including phenoxy) is 3. The zero-order valence-corrected chi connectivity index (χ0v) is 16.4. The Morgan fingerprint density at radius 1 is 1.24 bits per heavy atom. The number of alkyl carbamates (subject to hydrolysis) is 1. The van der Waals surface area contributed by atoms with Crippen LogP contribution in [0, 0.1) is 0 Å². The fourth-order valence-electron chi connectivity index (χ4n) is 2.70. The minimum atomic E-state index is -2.02. The van der Waals surface area contributed by atoms with E-state index in [1.807, 2.05) is 0 Å². The van der Waals surface area contributed by atoms with E-state index in [0.29, 0.717) is 30.1 Å². The van der Waals surface area contributed by atoms with Crippen LogP contribution in [0.1, 0.15) is 20.8 Å². The van der Waals surface area contributed by atoms with E-state index in [2.05, 4.69) is 39.2 Å². The summed E-state index contributed by atoms with van der Waals surface area (Å²) in [5, 5.41) is 2.61. The quantitative estimate of drug-likeness (QED) is 0.771. The van der Waals surface area contributed by atoms with E-state index in [-0.39, 0.29) is 24.0 Å². The Labute approximate surface area is 148 Å². The molecule has 1 fully saturated rings. The first kappa shape index (κ1) is 18.3. The van der Waals surface area contributed by atoms with Crippen LogP contribution in [0.4, 0.5) is 4.79 Å². The van der Waals surface area contributed by atoms with Gasteiger partial charge >= 0.3 is 6.09 Å². The Balaban J connectivity index is 1.89. The second-order valence-corrected chi connectivity index (χ2v) is 12.8. The van der Waals surface area contributed by atoms with E-state index in [9.17, 15) is 9.59 Å². The predicted molar refractivity (Wildman–Crippen MR) is 92.4 cm³/mol. The van der Waals surface area contributed by atoms with Gasteiger partial charge in [0, 0.05) is 5.57 Å². The van der Waals surface area contributed by atoms with Gasteiger partial charge in [0.1, 0.15) is 6.61 Å². The molecule has 0 aromatic rings. The van der Waals surface area contributed by atoms with Crippen LogP contribution < -0.4 is 5.32 Å². The topological polar surface area (TPSA) is 83.1 Å². The monoisotopic (exact) mass is 367 g/mol. The van der Waals surface area contributed by atoms with Gasteiger partial charge in [-0.05, 0) is 24.2 Å². The number of rotatable bonds is 3. The number of hydrogen-bond acceptors (Lipinski definition) is 6. The van der Waals surface area contributed by atoms with E-state index >= 15 is 0 Å². The van der Waals surface area contributed by atoms with Crippen molar-refractivity contribution < 1.29 is 28.2 Å². The Hall–Kier alpha value is -1.48. The van der Waals surface area contributed by atoms with Crippen LogP contribution in [-0.4, -0.2) is 52.4 Å². The molecule has 0 radical (unpaired) electrons. The maximum absolute atomic E-state index is 12.8. The molecule has 1 aliphatic carbocycles. The summed E-state index contributed by atoms with van der Waals surface area (Å²) in [5.74, 6) is -1.42. The third kappa shape index (κ3) is 3.19. The lowest BCUT2D eigenvalue weighted by Gasteiger charge is -2.38. The van der Waals surface area contributed by atoms with Crippen LogP contribution in [0.15, 0.2) is 22.9 Å². The number of amides is 1. The fraction of sp³-hybridized carbons (Fsp3) is 0.647. The standard InChI is InChI=1S/C17H25NO6Si/c1-16(2,3)25(4,5)24-9-11-8-17(22-6-7-23-17)14-12(13(11)19)10-21-15(20)18-14/h8H,6-7,9-10H2,1-5H3,(H,18,20). The smallest absolute Gasteiger partial charge is 0.411 e. The van der Waals surface area contributed by atoms with Gasteiger partial charge in [0.25, 0.3) is 0 Å². The molecule has 7 nitrogen and oxygen atoms in total. The van der Waals surface area contributed by atoms with Crippen molar-refractivity contribution in [3.63, 3.8) is 0 Å². The molecule has 0 unspecified atom stereocenters. The summed E-state index contributed by atoms with van der Waals surface area (Å²) in [7, 11) is -2.02. The van der Waals surface area contributed by atoms with Crippen molar-refractivity contribution in [2.24, 2.45) is 0 Å². The minimum Gasteiger partial charge on any atom is -0.444 e. The highest BCUT2D eigenvalue weighted by molar-refractivity contribution is 6.74. The molecule has 8 heteroatoms. The summed E-state index contributed by atoms with van der Waals surface area (Å²) in [6.07, 6.45) is 1.03. The Morgan fingerprint density at radius 2 is 1.88 bits per heavy atom.